The van der Waals surface area contributed by atoms with Crippen molar-refractivity contribution < 1.29 is 9.53 Å². The highest BCUT2D eigenvalue weighted by atomic mass is 16.5. The van der Waals surface area contributed by atoms with Crippen LogP contribution in [0.5, 0.6) is 5.75 Å². The maximum Gasteiger partial charge on any atom is 0.221 e. The van der Waals surface area contributed by atoms with Gasteiger partial charge in [-0.15, -0.1) is 0 Å². The quantitative estimate of drug-likeness (QED) is 0.763. The van der Waals surface area contributed by atoms with Crippen LogP contribution in [0.1, 0.15) is 43.7 Å². The van der Waals surface area contributed by atoms with E-state index in [1.165, 1.54) is 18.1 Å². The van der Waals surface area contributed by atoms with E-state index in [0.29, 0.717) is 12.1 Å². The van der Waals surface area contributed by atoms with Crippen molar-refractivity contribution in [2.45, 2.75) is 57.8 Å². The lowest BCUT2D eigenvalue weighted by molar-refractivity contribution is -0.114. The van der Waals surface area contributed by atoms with Gasteiger partial charge in [0.05, 0.1) is 7.11 Å². The summed E-state index contributed by atoms with van der Waals surface area (Å²) in [6.07, 6.45) is 4.44. The van der Waals surface area contributed by atoms with Crippen molar-refractivity contribution in [3.63, 3.8) is 0 Å². The van der Waals surface area contributed by atoms with Crippen LogP contribution in [0.2, 0.25) is 0 Å². The molecule has 0 spiro atoms. The molecule has 0 atom stereocenters. The van der Waals surface area contributed by atoms with Gasteiger partial charge in [0.1, 0.15) is 5.75 Å². The number of rotatable bonds is 7. The van der Waals surface area contributed by atoms with Gasteiger partial charge in [-0.2, -0.15) is 0 Å². The maximum absolute atomic E-state index is 11.2. The van der Waals surface area contributed by atoms with E-state index in [-0.39, 0.29) is 5.91 Å². The number of benzene rings is 2. The molecule has 2 aromatic carbocycles. The maximum atomic E-state index is 11.2. The van der Waals surface area contributed by atoms with Crippen molar-refractivity contribution in [2.75, 3.05) is 12.4 Å². The minimum absolute atomic E-state index is 0.0501. The second-order valence-corrected chi connectivity index (χ2v) is 7.70. The number of methoxy groups -OCH3 is 1. The fraction of sp³-hybridized carbons (Fsp3) is 0.435. The average molecular weight is 382 g/mol. The summed E-state index contributed by atoms with van der Waals surface area (Å²) in [6.45, 7) is 3.28. The Balaban J connectivity index is 1.74. The Morgan fingerprint density at radius 2 is 1.75 bits per heavy atom. The van der Waals surface area contributed by atoms with Crippen molar-refractivity contribution >= 4 is 11.6 Å². The lowest BCUT2D eigenvalue weighted by atomic mass is 9.90. The van der Waals surface area contributed by atoms with Crippen molar-refractivity contribution in [3.05, 3.63) is 59.7 Å². The monoisotopic (exact) mass is 381 g/mol. The molecule has 0 heterocycles. The zero-order valence-corrected chi connectivity index (χ0v) is 16.9. The van der Waals surface area contributed by atoms with Crippen LogP contribution in [0.25, 0.3) is 0 Å². The molecule has 0 aromatic heterocycles. The van der Waals surface area contributed by atoms with Gasteiger partial charge in [0.25, 0.3) is 0 Å². The molecule has 0 unspecified atom stereocenters. The third-order valence-electron chi connectivity index (χ3n) is 5.44. The Hall–Kier alpha value is -2.37. The van der Waals surface area contributed by atoms with Gasteiger partial charge in [-0.05, 0) is 61.1 Å². The van der Waals surface area contributed by atoms with E-state index in [1.807, 2.05) is 24.3 Å². The summed E-state index contributed by atoms with van der Waals surface area (Å²) in [5, 5.41) is 2.83. The third-order valence-corrected chi connectivity index (χ3v) is 5.44. The highest BCUT2D eigenvalue weighted by Crippen LogP contribution is 2.26. The lowest BCUT2D eigenvalue weighted by Crippen LogP contribution is -2.40. The van der Waals surface area contributed by atoms with Crippen LogP contribution in [0.3, 0.4) is 0 Å². The molecule has 0 aliphatic heterocycles. The van der Waals surface area contributed by atoms with E-state index in [9.17, 15) is 4.79 Å². The summed E-state index contributed by atoms with van der Waals surface area (Å²) in [5.74, 6) is 0.841. The number of nitrogens with zero attached hydrogens (tertiary/aromatic N) is 1. The van der Waals surface area contributed by atoms with Crippen LogP contribution in [0.15, 0.2) is 48.5 Å². The van der Waals surface area contributed by atoms with Gasteiger partial charge in [0.2, 0.25) is 5.91 Å². The third kappa shape index (κ3) is 5.81. The fourth-order valence-corrected chi connectivity index (χ4v) is 3.92. The number of carbonyl (C=O) groups is 1. The summed E-state index contributed by atoms with van der Waals surface area (Å²) < 4.78 is 5.39. The molecule has 150 valence electrons. The van der Waals surface area contributed by atoms with Gasteiger partial charge in [0.15, 0.2) is 0 Å². The Kier molecular flexibility index (Phi) is 7.06. The van der Waals surface area contributed by atoms with Gasteiger partial charge in [-0.25, -0.2) is 0 Å². The van der Waals surface area contributed by atoms with Gasteiger partial charge in [-0.3, -0.25) is 9.69 Å². The zero-order valence-electron chi connectivity index (χ0n) is 16.9. The number of ether oxygens (including phenoxy) is 1. The van der Waals surface area contributed by atoms with Crippen LogP contribution in [0, 0.1) is 0 Å². The second kappa shape index (κ2) is 9.71. The van der Waals surface area contributed by atoms with Gasteiger partial charge < -0.3 is 15.8 Å². The Morgan fingerprint density at radius 1 is 1.07 bits per heavy atom. The molecule has 2 aromatic rings. The summed E-state index contributed by atoms with van der Waals surface area (Å²) in [5.41, 5.74) is 9.46. The minimum Gasteiger partial charge on any atom is -0.497 e. The number of nitrogens with two attached hydrogens (primary N) is 1. The Morgan fingerprint density at radius 3 is 2.39 bits per heavy atom. The van der Waals surface area contributed by atoms with E-state index >= 15 is 0 Å². The molecular weight excluding hydrogens is 350 g/mol. The smallest absolute Gasteiger partial charge is 0.221 e. The van der Waals surface area contributed by atoms with Crippen LogP contribution in [-0.2, 0) is 17.9 Å². The highest BCUT2D eigenvalue weighted by molar-refractivity contribution is 5.88. The van der Waals surface area contributed by atoms with Crippen LogP contribution in [0.4, 0.5) is 5.69 Å². The molecule has 1 aliphatic rings. The molecule has 5 nitrogen and oxygen atoms in total. The van der Waals surface area contributed by atoms with E-state index in [1.54, 1.807) is 7.11 Å². The van der Waals surface area contributed by atoms with Crippen molar-refractivity contribution in [3.8, 4) is 5.75 Å². The summed E-state index contributed by atoms with van der Waals surface area (Å²) >= 11 is 0. The molecule has 28 heavy (non-hydrogen) atoms. The first-order valence-electron chi connectivity index (χ1n) is 10.0. The topological polar surface area (TPSA) is 67.6 Å². The SMILES string of the molecule is COc1cccc(CN(Cc2ccc(NC(C)=O)cc2)C2CCC(N)CC2)c1. The molecular formula is C23H31N3O2. The van der Waals surface area contributed by atoms with Crippen molar-refractivity contribution in [1.29, 1.82) is 0 Å². The number of carbonyl (C=O) groups excluding carboxylic acids is 1. The first kappa shape index (κ1) is 20.4. The van der Waals surface area contributed by atoms with Crippen LogP contribution >= 0.6 is 0 Å². The fourth-order valence-electron chi connectivity index (χ4n) is 3.92. The summed E-state index contributed by atoms with van der Waals surface area (Å²) in [6, 6.07) is 17.3. The van der Waals surface area contributed by atoms with E-state index in [0.717, 1.165) is 50.2 Å². The molecule has 3 N–H and O–H groups in total. The summed E-state index contributed by atoms with van der Waals surface area (Å²) in [4.78, 5) is 13.8. The number of amides is 1. The van der Waals surface area contributed by atoms with Gasteiger partial charge >= 0.3 is 0 Å². The molecule has 1 fully saturated rings. The first-order chi connectivity index (χ1) is 13.5. The molecule has 0 saturated heterocycles. The van der Waals surface area contributed by atoms with Gasteiger partial charge in [0, 0.05) is 37.8 Å². The normalized spacial score (nSPS) is 19.4. The Bertz CT molecular complexity index is 768. The predicted molar refractivity (Wildman–Crippen MR) is 113 cm³/mol. The largest absolute Gasteiger partial charge is 0.497 e. The molecule has 3 rings (SSSR count). The molecule has 5 heteroatoms. The minimum atomic E-state index is -0.0501. The molecule has 0 radical (unpaired) electrons. The van der Waals surface area contributed by atoms with E-state index in [4.69, 9.17) is 10.5 Å². The highest BCUT2D eigenvalue weighted by Gasteiger charge is 2.24. The zero-order chi connectivity index (χ0) is 19.9. The van der Waals surface area contributed by atoms with Gasteiger partial charge in [-0.1, -0.05) is 24.3 Å². The number of anilines is 1. The van der Waals surface area contributed by atoms with Crippen molar-refractivity contribution in [2.24, 2.45) is 5.73 Å². The van der Waals surface area contributed by atoms with Crippen LogP contribution < -0.4 is 15.8 Å². The van der Waals surface area contributed by atoms with E-state index in [2.05, 4.69) is 34.5 Å². The Labute approximate surface area is 167 Å². The van der Waals surface area contributed by atoms with Crippen molar-refractivity contribution in [1.82, 2.24) is 4.90 Å². The average Bonchev–Trinajstić information content (AvgIpc) is 2.69. The second-order valence-electron chi connectivity index (χ2n) is 7.70. The molecule has 1 amide bonds. The number of hydrogen-bond acceptors (Lipinski definition) is 4. The molecule has 1 saturated carbocycles. The lowest BCUT2D eigenvalue weighted by Gasteiger charge is -2.36. The predicted octanol–water partition coefficient (Wildman–Crippen LogP) is 3.93. The standard InChI is InChI=1S/C23H31N3O2/c1-17(27)25-21-10-6-18(7-11-21)15-26(22-12-8-20(24)9-13-22)16-19-4-3-5-23(14-19)28-2/h3-7,10-11,14,20,22H,8-9,12-13,15-16,24H2,1-2H3,(H,25,27). The summed E-state index contributed by atoms with van der Waals surface area (Å²) in [7, 11) is 1.70. The number of hydrogen-bond donors (Lipinski definition) is 2. The van der Waals surface area contributed by atoms with Crippen LogP contribution in [-0.4, -0.2) is 30.0 Å². The molecule has 1 aliphatic carbocycles. The molecule has 0 bridgehead atoms. The number of nitrogens with one attached hydrogen (secondary N) is 1. The first-order valence-corrected chi connectivity index (χ1v) is 10.0. The van der Waals surface area contributed by atoms with E-state index < -0.39 is 0 Å².